The van der Waals surface area contributed by atoms with Crippen molar-refractivity contribution in [3.8, 4) is 0 Å². The number of hydrogen-bond donors (Lipinski definition) is 2. The van der Waals surface area contributed by atoms with E-state index >= 15 is 0 Å². The number of amides is 1. The van der Waals surface area contributed by atoms with Crippen LogP contribution in [0.25, 0.3) is 10.9 Å². The molecule has 0 radical (unpaired) electrons. The van der Waals surface area contributed by atoms with Gasteiger partial charge in [-0.15, -0.1) is 0 Å². The molecule has 1 saturated heterocycles. The standard InChI is InChI=1S/C20H20N4O2/c25-20(18-14-21-19-4-2-1-3-17(18)19)23-22-13-15-5-7-16(8-6-15)24-9-11-26-12-10-24/h1-8,13-14,21H,9-12H2,(H,23,25)/b22-13+. The van der Waals surface area contributed by atoms with E-state index in [1.807, 2.05) is 36.4 Å². The van der Waals surface area contributed by atoms with Crippen LogP contribution in [-0.4, -0.2) is 43.4 Å². The van der Waals surface area contributed by atoms with Crippen molar-refractivity contribution in [1.82, 2.24) is 10.4 Å². The highest BCUT2D eigenvalue weighted by Gasteiger charge is 2.11. The smallest absolute Gasteiger partial charge is 0.273 e. The highest BCUT2D eigenvalue weighted by molar-refractivity contribution is 6.06. The second-order valence-electron chi connectivity index (χ2n) is 6.14. The summed E-state index contributed by atoms with van der Waals surface area (Å²) in [6.07, 6.45) is 3.35. The second-order valence-corrected chi connectivity index (χ2v) is 6.14. The quantitative estimate of drug-likeness (QED) is 0.563. The topological polar surface area (TPSA) is 69.7 Å². The van der Waals surface area contributed by atoms with Crippen LogP contribution in [0, 0.1) is 0 Å². The summed E-state index contributed by atoms with van der Waals surface area (Å²) in [6, 6.07) is 15.8. The number of hydrogen-bond acceptors (Lipinski definition) is 4. The Morgan fingerprint density at radius 2 is 1.88 bits per heavy atom. The monoisotopic (exact) mass is 348 g/mol. The third-order valence-electron chi connectivity index (χ3n) is 4.48. The van der Waals surface area contributed by atoms with Crippen molar-refractivity contribution in [3.05, 3.63) is 65.9 Å². The number of aromatic amines is 1. The lowest BCUT2D eigenvalue weighted by Crippen LogP contribution is -2.36. The van der Waals surface area contributed by atoms with Crippen LogP contribution < -0.4 is 10.3 Å². The molecule has 1 aliphatic rings. The van der Waals surface area contributed by atoms with Crippen LogP contribution in [0.2, 0.25) is 0 Å². The van der Waals surface area contributed by atoms with Gasteiger partial charge in [-0.1, -0.05) is 30.3 Å². The number of ether oxygens (including phenoxy) is 1. The zero-order chi connectivity index (χ0) is 17.8. The summed E-state index contributed by atoms with van der Waals surface area (Å²) >= 11 is 0. The molecule has 26 heavy (non-hydrogen) atoms. The summed E-state index contributed by atoms with van der Waals surface area (Å²) < 4.78 is 5.37. The van der Waals surface area contributed by atoms with Gasteiger partial charge in [-0.05, 0) is 23.8 Å². The van der Waals surface area contributed by atoms with Gasteiger partial charge in [-0.2, -0.15) is 5.10 Å². The van der Waals surface area contributed by atoms with E-state index in [1.165, 1.54) is 5.69 Å². The molecule has 2 N–H and O–H groups in total. The first-order valence-electron chi connectivity index (χ1n) is 8.63. The van der Waals surface area contributed by atoms with Crippen LogP contribution in [0.15, 0.2) is 59.8 Å². The SMILES string of the molecule is O=C(N/N=C/c1ccc(N2CCOCC2)cc1)c1c[nH]c2ccccc12. The van der Waals surface area contributed by atoms with Crippen molar-refractivity contribution < 1.29 is 9.53 Å². The molecule has 0 unspecified atom stereocenters. The minimum atomic E-state index is -0.233. The number of carbonyl (C=O) groups is 1. The molecule has 132 valence electrons. The minimum Gasteiger partial charge on any atom is -0.378 e. The molecular weight excluding hydrogens is 328 g/mol. The lowest BCUT2D eigenvalue weighted by Gasteiger charge is -2.28. The third-order valence-corrected chi connectivity index (χ3v) is 4.48. The lowest BCUT2D eigenvalue weighted by molar-refractivity contribution is 0.0957. The summed E-state index contributed by atoms with van der Waals surface area (Å²) in [5, 5.41) is 4.96. The predicted octanol–water partition coefficient (Wildman–Crippen LogP) is 2.77. The Labute approximate surface area is 151 Å². The van der Waals surface area contributed by atoms with E-state index in [1.54, 1.807) is 12.4 Å². The Morgan fingerprint density at radius 1 is 1.12 bits per heavy atom. The van der Waals surface area contributed by atoms with E-state index in [0.29, 0.717) is 5.56 Å². The fourth-order valence-electron chi connectivity index (χ4n) is 3.08. The molecule has 0 spiro atoms. The van der Waals surface area contributed by atoms with Crippen molar-refractivity contribution in [1.29, 1.82) is 0 Å². The number of carbonyl (C=O) groups excluding carboxylic acids is 1. The van der Waals surface area contributed by atoms with Gasteiger partial charge in [-0.25, -0.2) is 5.43 Å². The largest absolute Gasteiger partial charge is 0.378 e. The van der Waals surface area contributed by atoms with E-state index in [4.69, 9.17) is 4.74 Å². The van der Waals surface area contributed by atoms with E-state index < -0.39 is 0 Å². The van der Waals surface area contributed by atoms with Gasteiger partial charge in [0.15, 0.2) is 0 Å². The normalized spacial score (nSPS) is 14.8. The number of hydrazone groups is 1. The number of para-hydroxylation sites is 1. The van der Waals surface area contributed by atoms with Crippen LogP contribution in [0.1, 0.15) is 15.9 Å². The second kappa shape index (κ2) is 7.41. The molecule has 0 atom stereocenters. The molecule has 1 fully saturated rings. The highest BCUT2D eigenvalue weighted by Crippen LogP contribution is 2.18. The molecule has 2 aromatic carbocycles. The Hall–Kier alpha value is -3.12. The van der Waals surface area contributed by atoms with Gasteiger partial charge < -0.3 is 14.6 Å². The maximum absolute atomic E-state index is 12.3. The van der Waals surface area contributed by atoms with Crippen molar-refractivity contribution in [2.24, 2.45) is 5.10 Å². The number of aromatic nitrogens is 1. The molecule has 6 heteroatoms. The van der Waals surface area contributed by atoms with Gasteiger partial charge in [-0.3, -0.25) is 4.79 Å². The lowest BCUT2D eigenvalue weighted by atomic mass is 10.2. The summed E-state index contributed by atoms with van der Waals surface area (Å²) in [5.41, 5.74) is 6.21. The van der Waals surface area contributed by atoms with Crippen LogP contribution in [0.4, 0.5) is 5.69 Å². The minimum absolute atomic E-state index is 0.233. The molecule has 6 nitrogen and oxygen atoms in total. The van der Waals surface area contributed by atoms with Gasteiger partial charge in [0.25, 0.3) is 5.91 Å². The van der Waals surface area contributed by atoms with E-state index in [-0.39, 0.29) is 5.91 Å². The van der Waals surface area contributed by atoms with E-state index in [2.05, 4.69) is 32.5 Å². The molecular formula is C20H20N4O2. The first-order valence-corrected chi connectivity index (χ1v) is 8.63. The average molecular weight is 348 g/mol. The summed E-state index contributed by atoms with van der Waals surface area (Å²) in [6.45, 7) is 3.36. The maximum atomic E-state index is 12.3. The Morgan fingerprint density at radius 3 is 2.69 bits per heavy atom. The number of benzene rings is 2. The van der Waals surface area contributed by atoms with Crippen molar-refractivity contribution in [3.63, 3.8) is 0 Å². The maximum Gasteiger partial charge on any atom is 0.273 e. The van der Waals surface area contributed by atoms with Crippen molar-refractivity contribution in [2.45, 2.75) is 0 Å². The molecule has 1 aliphatic heterocycles. The summed E-state index contributed by atoms with van der Waals surface area (Å²) in [5.74, 6) is -0.233. The van der Waals surface area contributed by atoms with Crippen LogP contribution >= 0.6 is 0 Å². The molecule has 2 heterocycles. The first kappa shape index (κ1) is 16.4. The van der Waals surface area contributed by atoms with Crippen molar-refractivity contribution in [2.75, 3.05) is 31.2 Å². The van der Waals surface area contributed by atoms with E-state index in [9.17, 15) is 4.79 Å². The number of nitrogens with one attached hydrogen (secondary N) is 2. The number of nitrogens with zero attached hydrogens (tertiary/aromatic N) is 2. The molecule has 0 aliphatic carbocycles. The van der Waals surface area contributed by atoms with Gasteiger partial charge in [0.05, 0.1) is 25.0 Å². The zero-order valence-electron chi connectivity index (χ0n) is 14.3. The van der Waals surface area contributed by atoms with E-state index in [0.717, 1.165) is 42.8 Å². The Balaban J connectivity index is 1.39. The number of H-pyrrole nitrogens is 1. The van der Waals surface area contributed by atoms with Gasteiger partial charge >= 0.3 is 0 Å². The number of fused-ring (bicyclic) bond motifs is 1. The van der Waals surface area contributed by atoms with Gasteiger partial charge in [0.2, 0.25) is 0 Å². The molecule has 3 aromatic rings. The van der Waals surface area contributed by atoms with Gasteiger partial charge in [0.1, 0.15) is 0 Å². The predicted molar refractivity (Wildman–Crippen MR) is 103 cm³/mol. The molecule has 1 amide bonds. The summed E-state index contributed by atoms with van der Waals surface area (Å²) in [7, 11) is 0. The molecule has 4 rings (SSSR count). The fourth-order valence-corrected chi connectivity index (χ4v) is 3.08. The van der Waals surface area contributed by atoms with Gasteiger partial charge in [0, 0.05) is 35.9 Å². The average Bonchev–Trinajstić information content (AvgIpc) is 3.13. The first-order chi connectivity index (χ1) is 12.8. The Kier molecular flexibility index (Phi) is 4.66. The van der Waals surface area contributed by atoms with Crippen LogP contribution in [0.5, 0.6) is 0 Å². The third kappa shape index (κ3) is 3.45. The number of anilines is 1. The zero-order valence-corrected chi connectivity index (χ0v) is 14.3. The fraction of sp³-hybridized carbons (Fsp3) is 0.200. The molecule has 0 bridgehead atoms. The highest BCUT2D eigenvalue weighted by atomic mass is 16.5. The van der Waals surface area contributed by atoms with Crippen LogP contribution in [-0.2, 0) is 4.74 Å². The molecule has 1 aromatic heterocycles. The Bertz CT molecular complexity index is 924. The molecule has 0 saturated carbocycles. The van der Waals surface area contributed by atoms with Crippen molar-refractivity contribution >= 4 is 28.7 Å². The number of morpholine rings is 1. The summed E-state index contributed by atoms with van der Waals surface area (Å²) in [4.78, 5) is 17.7. The van der Waals surface area contributed by atoms with Crippen LogP contribution in [0.3, 0.4) is 0 Å². The number of rotatable bonds is 4.